The molecule has 3 heterocycles. The first-order valence-corrected chi connectivity index (χ1v) is 7.33. The van der Waals surface area contributed by atoms with Gasteiger partial charge < -0.3 is 9.88 Å². The van der Waals surface area contributed by atoms with Gasteiger partial charge in [0.1, 0.15) is 5.82 Å². The number of H-pyrrole nitrogens is 1. The van der Waals surface area contributed by atoms with Gasteiger partial charge in [-0.2, -0.15) is 5.10 Å². The molecule has 0 aliphatic carbocycles. The number of aryl methyl sites for hydroxylation is 1. The minimum atomic E-state index is 0.259. The quantitative estimate of drug-likeness (QED) is 0.783. The van der Waals surface area contributed by atoms with E-state index >= 15 is 0 Å². The smallest absolute Gasteiger partial charge is 0.151 e. The molecule has 1 aliphatic rings. The largest absolute Gasteiger partial charge is 0.345 e. The van der Waals surface area contributed by atoms with E-state index in [4.69, 9.17) is 4.98 Å². The highest BCUT2D eigenvalue weighted by molar-refractivity contribution is 5.75. The molecule has 1 N–H and O–H groups in total. The monoisotopic (exact) mass is 279 g/mol. The molecule has 4 rings (SSSR count). The Morgan fingerprint density at radius 1 is 1.14 bits per heavy atom. The Morgan fingerprint density at radius 3 is 2.86 bits per heavy atom. The molecule has 5 nitrogen and oxygen atoms in total. The van der Waals surface area contributed by atoms with Gasteiger partial charge in [0.05, 0.1) is 22.8 Å². The van der Waals surface area contributed by atoms with Crippen molar-refractivity contribution in [2.45, 2.75) is 25.8 Å². The van der Waals surface area contributed by atoms with E-state index in [9.17, 15) is 0 Å². The van der Waals surface area contributed by atoms with Crippen LogP contribution in [0.1, 0.15) is 30.4 Å². The summed E-state index contributed by atoms with van der Waals surface area (Å²) in [6.07, 6.45) is 2.24. The van der Waals surface area contributed by atoms with Crippen LogP contribution < -0.4 is 4.90 Å². The van der Waals surface area contributed by atoms with Crippen LogP contribution in [0.4, 0.5) is 5.82 Å². The maximum atomic E-state index is 4.74. The lowest BCUT2D eigenvalue weighted by Crippen LogP contribution is -2.24. The van der Waals surface area contributed by atoms with Crippen molar-refractivity contribution in [2.24, 2.45) is 0 Å². The van der Waals surface area contributed by atoms with E-state index in [-0.39, 0.29) is 6.04 Å². The first-order chi connectivity index (χ1) is 10.3. The van der Waals surface area contributed by atoms with Crippen molar-refractivity contribution in [3.8, 4) is 0 Å². The predicted molar refractivity (Wildman–Crippen MR) is 82.2 cm³/mol. The highest BCUT2D eigenvalue weighted by atomic mass is 15.3. The van der Waals surface area contributed by atoms with Crippen LogP contribution in [-0.4, -0.2) is 26.7 Å². The first-order valence-electron chi connectivity index (χ1n) is 7.33. The average Bonchev–Trinajstić information content (AvgIpc) is 3.14. The van der Waals surface area contributed by atoms with Crippen molar-refractivity contribution in [1.29, 1.82) is 0 Å². The van der Waals surface area contributed by atoms with Crippen molar-refractivity contribution in [1.82, 2.24) is 20.2 Å². The number of para-hydroxylation sites is 2. The molecule has 1 atom stereocenters. The predicted octanol–water partition coefficient (Wildman–Crippen LogP) is 3.00. The average molecular weight is 279 g/mol. The van der Waals surface area contributed by atoms with E-state index in [1.807, 2.05) is 37.3 Å². The number of aromatic nitrogens is 4. The lowest BCUT2D eigenvalue weighted by Gasteiger charge is -2.23. The fraction of sp³-hybridized carbons (Fsp3) is 0.312. The van der Waals surface area contributed by atoms with Gasteiger partial charge in [-0.05, 0) is 44.0 Å². The molecule has 0 unspecified atom stereocenters. The number of imidazole rings is 1. The Labute approximate surface area is 123 Å². The van der Waals surface area contributed by atoms with Crippen LogP contribution in [0.25, 0.3) is 11.0 Å². The lowest BCUT2D eigenvalue weighted by molar-refractivity contribution is 0.668. The van der Waals surface area contributed by atoms with Crippen molar-refractivity contribution in [3.05, 3.63) is 47.9 Å². The lowest BCUT2D eigenvalue weighted by atomic mass is 10.2. The van der Waals surface area contributed by atoms with Crippen molar-refractivity contribution < 1.29 is 0 Å². The Hall–Kier alpha value is -2.43. The molecule has 0 radical (unpaired) electrons. The molecule has 1 aliphatic heterocycles. The summed E-state index contributed by atoms with van der Waals surface area (Å²) in [6, 6.07) is 12.5. The highest BCUT2D eigenvalue weighted by Gasteiger charge is 2.29. The molecular weight excluding hydrogens is 262 g/mol. The molecule has 3 aromatic rings. The van der Waals surface area contributed by atoms with Gasteiger partial charge in [0.25, 0.3) is 0 Å². The van der Waals surface area contributed by atoms with Gasteiger partial charge in [-0.3, -0.25) is 0 Å². The molecule has 106 valence electrons. The van der Waals surface area contributed by atoms with Crippen molar-refractivity contribution in [3.63, 3.8) is 0 Å². The summed E-state index contributed by atoms with van der Waals surface area (Å²) < 4.78 is 0. The van der Waals surface area contributed by atoms with Crippen molar-refractivity contribution >= 4 is 16.9 Å². The summed E-state index contributed by atoms with van der Waals surface area (Å²) >= 11 is 0. The molecule has 0 bridgehead atoms. The van der Waals surface area contributed by atoms with E-state index in [0.29, 0.717) is 0 Å². The normalized spacial score (nSPS) is 18.5. The minimum Gasteiger partial charge on any atom is -0.345 e. The number of hydrogen-bond donors (Lipinski definition) is 1. The third-order valence-electron chi connectivity index (χ3n) is 4.05. The van der Waals surface area contributed by atoms with Crippen LogP contribution >= 0.6 is 0 Å². The number of hydrogen-bond acceptors (Lipinski definition) is 4. The Bertz CT molecular complexity index is 729. The Balaban J connectivity index is 1.71. The topological polar surface area (TPSA) is 57.7 Å². The van der Waals surface area contributed by atoms with Gasteiger partial charge in [-0.15, -0.1) is 5.10 Å². The fourth-order valence-corrected chi connectivity index (χ4v) is 3.00. The molecule has 1 fully saturated rings. The second-order valence-corrected chi connectivity index (χ2v) is 5.52. The molecule has 1 aromatic carbocycles. The molecule has 0 amide bonds. The van der Waals surface area contributed by atoms with E-state index in [0.717, 1.165) is 47.8 Å². The maximum absolute atomic E-state index is 4.74. The Morgan fingerprint density at radius 2 is 2.05 bits per heavy atom. The van der Waals surface area contributed by atoms with Crippen LogP contribution in [0.15, 0.2) is 36.4 Å². The van der Waals surface area contributed by atoms with E-state index in [1.54, 1.807) is 0 Å². The summed E-state index contributed by atoms with van der Waals surface area (Å²) in [5.41, 5.74) is 3.06. The summed E-state index contributed by atoms with van der Waals surface area (Å²) in [4.78, 5) is 10.5. The van der Waals surface area contributed by atoms with Crippen LogP contribution in [-0.2, 0) is 0 Å². The van der Waals surface area contributed by atoms with Crippen LogP contribution in [0.5, 0.6) is 0 Å². The van der Waals surface area contributed by atoms with Gasteiger partial charge in [0.15, 0.2) is 5.82 Å². The van der Waals surface area contributed by atoms with Crippen LogP contribution in [0.3, 0.4) is 0 Å². The molecule has 1 saturated heterocycles. The number of benzene rings is 1. The van der Waals surface area contributed by atoms with E-state index < -0.39 is 0 Å². The summed E-state index contributed by atoms with van der Waals surface area (Å²) in [6.45, 7) is 2.96. The fourth-order valence-electron chi connectivity index (χ4n) is 3.00. The zero-order chi connectivity index (χ0) is 14.2. The zero-order valence-electron chi connectivity index (χ0n) is 12.0. The van der Waals surface area contributed by atoms with E-state index in [1.165, 1.54) is 0 Å². The summed E-state index contributed by atoms with van der Waals surface area (Å²) in [5, 5.41) is 8.50. The maximum Gasteiger partial charge on any atom is 0.151 e. The SMILES string of the molecule is Cc1ccc(N2CCC[C@@H]2c2nc3ccccc3[nH]2)nn1. The molecule has 5 heteroatoms. The number of aromatic amines is 1. The minimum absolute atomic E-state index is 0.259. The van der Waals surface area contributed by atoms with Gasteiger partial charge in [-0.25, -0.2) is 4.98 Å². The van der Waals surface area contributed by atoms with Gasteiger partial charge in [-0.1, -0.05) is 12.1 Å². The summed E-state index contributed by atoms with van der Waals surface area (Å²) in [7, 11) is 0. The second kappa shape index (κ2) is 4.84. The van der Waals surface area contributed by atoms with Crippen LogP contribution in [0, 0.1) is 6.92 Å². The molecule has 21 heavy (non-hydrogen) atoms. The number of rotatable bonds is 2. The Kier molecular flexibility index (Phi) is 2.84. The molecule has 2 aromatic heterocycles. The van der Waals surface area contributed by atoms with Crippen LogP contribution in [0.2, 0.25) is 0 Å². The standard InChI is InChI=1S/C16H17N5/c1-11-8-9-15(20-19-11)21-10-4-7-14(21)16-17-12-5-2-3-6-13(12)18-16/h2-3,5-6,8-9,14H,4,7,10H2,1H3,(H,17,18)/t14-/m1/s1. The van der Waals surface area contributed by atoms with E-state index in [2.05, 4.69) is 26.1 Å². The number of fused-ring (bicyclic) bond motifs is 1. The van der Waals surface area contributed by atoms with Gasteiger partial charge >= 0.3 is 0 Å². The molecular formula is C16H17N5. The number of nitrogens with one attached hydrogen (secondary N) is 1. The van der Waals surface area contributed by atoms with Crippen molar-refractivity contribution in [2.75, 3.05) is 11.4 Å². The highest BCUT2D eigenvalue weighted by Crippen LogP contribution is 2.34. The molecule has 0 saturated carbocycles. The van der Waals surface area contributed by atoms with Gasteiger partial charge in [0, 0.05) is 6.54 Å². The second-order valence-electron chi connectivity index (χ2n) is 5.52. The van der Waals surface area contributed by atoms with Gasteiger partial charge in [0.2, 0.25) is 0 Å². The third kappa shape index (κ3) is 2.14. The number of nitrogens with zero attached hydrogens (tertiary/aromatic N) is 4. The third-order valence-corrected chi connectivity index (χ3v) is 4.05. The first kappa shape index (κ1) is 12.3. The molecule has 0 spiro atoms. The zero-order valence-corrected chi connectivity index (χ0v) is 12.0. The summed E-state index contributed by atoms with van der Waals surface area (Å²) in [5.74, 6) is 1.96. The number of anilines is 1.